The van der Waals surface area contributed by atoms with Crippen LogP contribution in [0.25, 0.3) is 12.2 Å². The Morgan fingerprint density at radius 3 is 1.14 bits per heavy atom. The first-order valence-electron chi connectivity index (χ1n) is 19.0. The number of nitrogens with zero attached hydrogens (tertiary/aromatic N) is 2. The second-order valence-corrected chi connectivity index (χ2v) is 17.2. The molecule has 2 aliphatic rings. The molecule has 0 bridgehead atoms. The van der Waals surface area contributed by atoms with Gasteiger partial charge in [-0.05, 0) is 119 Å². The Labute approximate surface area is 373 Å². The van der Waals surface area contributed by atoms with Crippen LogP contribution in [0.1, 0.15) is 63.7 Å². The molecule has 66 heavy (non-hydrogen) atoms. The lowest BCUT2D eigenvalue weighted by Gasteiger charge is -2.17. The summed E-state index contributed by atoms with van der Waals surface area (Å²) in [5, 5.41) is 31.0. The maximum atomic E-state index is 13.4. The third kappa shape index (κ3) is 10.5. The molecule has 2 aliphatic carbocycles. The summed E-state index contributed by atoms with van der Waals surface area (Å²) in [5.41, 5.74) is 5.88. The van der Waals surface area contributed by atoms with Gasteiger partial charge in [0.2, 0.25) is 11.6 Å². The Kier molecular flexibility index (Phi) is 12.7. The van der Waals surface area contributed by atoms with E-state index in [-0.39, 0.29) is 57.6 Å². The van der Waals surface area contributed by atoms with E-state index in [0.29, 0.717) is 22.5 Å². The van der Waals surface area contributed by atoms with Crippen LogP contribution < -0.4 is 21.5 Å². The number of aliphatic carboxylic acids is 2. The van der Waals surface area contributed by atoms with Gasteiger partial charge in [-0.3, -0.25) is 48.7 Å². The number of rotatable bonds is 14. The number of Topliss-reactive ketones (excluding diaryl/α,β-unsaturated/α-hetero) is 2. The Bertz CT molecular complexity index is 3030. The van der Waals surface area contributed by atoms with Gasteiger partial charge in [0.25, 0.3) is 32.1 Å². The zero-order chi connectivity index (χ0) is 47.5. The summed E-state index contributed by atoms with van der Waals surface area (Å²) in [4.78, 5) is 73.6. The molecule has 0 heterocycles. The number of carbonyl (C=O) groups is 6. The lowest BCUT2D eigenvalue weighted by molar-refractivity contribution is -0.137. The van der Waals surface area contributed by atoms with Crippen LogP contribution in [0, 0.1) is 0 Å². The fraction of sp³-hybridized carbons (Fsp3) is 0.0455. The summed E-state index contributed by atoms with van der Waals surface area (Å²) in [6.45, 7) is 0. The minimum atomic E-state index is -5.00. The van der Waals surface area contributed by atoms with E-state index in [4.69, 9.17) is 10.2 Å². The molecular formula is C44H32N6O14S2. The number of anilines is 4. The van der Waals surface area contributed by atoms with Crippen LogP contribution >= 0.6 is 0 Å². The number of carboxylic acid groups (broad SMARTS) is 2. The summed E-state index contributed by atoms with van der Waals surface area (Å²) in [6, 6.07) is 25.2. The molecule has 0 saturated heterocycles. The van der Waals surface area contributed by atoms with Crippen LogP contribution in [0.15, 0.2) is 129 Å². The molecule has 0 spiro atoms. The minimum absolute atomic E-state index is 0.000127. The maximum Gasteiger partial charge on any atom is 0.307 e. The predicted molar refractivity (Wildman–Crippen MR) is 241 cm³/mol. The van der Waals surface area contributed by atoms with E-state index in [0.717, 1.165) is 12.2 Å². The van der Waals surface area contributed by atoms with Gasteiger partial charge >= 0.3 is 11.9 Å². The summed E-state index contributed by atoms with van der Waals surface area (Å²) >= 11 is 0. The van der Waals surface area contributed by atoms with Crippen molar-refractivity contribution in [2.75, 3.05) is 21.5 Å². The Morgan fingerprint density at radius 1 is 0.485 bits per heavy atom. The molecule has 20 nitrogen and oxygen atoms in total. The molecule has 334 valence electrons. The smallest absolute Gasteiger partial charge is 0.307 e. The number of ketones is 2. The summed E-state index contributed by atoms with van der Waals surface area (Å²) in [5.74, 6) is -5.12. The zero-order valence-electron chi connectivity index (χ0n) is 33.5. The van der Waals surface area contributed by atoms with Crippen LogP contribution in [0.5, 0.6) is 0 Å². The van der Waals surface area contributed by atoms with E-state index < -0.39 is 76.8 Å². The average molecular weight is 933 g/mol. The molecule has 0 aromatic heterocycles. The number of hydrogen-bond donors (Lipinski definition) is 8. The molecule has 0 atom stereocenters. The van der Waals surface area contributed by atoms with Crippen molar-refractivity contribution >= 4 is 102 Å². The standard InChI is InChI=1S/C44H32N6O14S2/c51-37(52)17-23-1-9-29(10-2-23)47-49-39-35(65(59,60)61)21-27-19-31(13-15-33(27)41(39)55)45-43(57)25-5-7-26(8-6-25)44(58)46-32-14-16-34-28(20-32)22-36(66(62,63)64)40(42(34)56)50-48-30-11-3-24(4-12-30)18-38(53)54/h1-16,19-22,47-48H,17-18H2,(H,45,57)(H,46,58)(H,51,52)(H,53,54)(H,59,60,61)(H,62,63,64)/b49-39-,50-40-. The van der Waals surface area contributed by atoms with Crippen molar-refractivity contribution in [3.63, 3.8) is 0 Å². The van der Waals surface area contributed by atoms with Crippen LogP contribution in [0.3, 0.4) is 0 Å². The highest BCUT2D eigenvalue weighted by Crippen LogP contribution is 2.30. The van der Waals surface area contributed by atoms with Gasteiger partial charge in [0.1, 0.15) is 9.81 Å². The summed E-state index contributed by atoms with van der Waals surface area (Å²) < 4.78 is 69.4. The summed E-state index contributed by atoms with van der Waals surface area (Å²) in [6.07, 6.45) is 1.55. The van der Waals surface area contributed by atoms with E-state index in [9.17, 15) is 54.7 Å². The van der Waals surface area contributed by atoms with Gasteiger partial charge in [-0.25, -0.2) is 0 Å². The number of nitrogens with one attached hydrogen (secondary N) is 4. The molecule has 5 aromatic rings. The number of hydrogen-bond acceptors (Lipinski definition) is 14. The molecule has 0 fully saturated rings. The Morgan fingerprint density at radius 2 is 0.818 bits per heavy atom. The van der Waals surface area contributed by atoms with Crippen molar-refractivity contribution in [1.82, 2.24) is 0 Å². The van der Waals surface area contributed by atoms with Gasteiger partial charge in [0, 0.05) is 33.6 Å². The molecule has 5 aromatic carbocycles. The molecule has 2 amide bonds. The molecule has 0 saturated carbocycles. The minimum Gasteiger partial charge on any atom is -0.481 e. The molecule has 22 heteroatoms. The Balaban J connectivity index is 1.02. The number of carbonyl (C=O) groups excluding carboxylic acids is 4. The number of carboxylic acids is 2. The molecule has 8 N–H and O–H groups in total. The van der Waals surface area contributed by atoms with Gasteiger partial charge in [-0.1, -0.05) is 24.3 Å². The van der Waals surface area contributed by atoms with Crippen LogP contribution in [0.4, 0.5) is 22.7 Å². The van der Waals surface area contributed by atoms with E-state index in [1.54, 1.807) is 0 Å². The number of benzene rings is 5. The van der Waals surface area contributed by atoms with Crippen LogP contribution in [-0.4, -0.2) is 82.9 Å². The number of hydrazone groups is 2. The van der Waals surface area contributed by atoms with Gasteiger partial charge in [0.05, 0.1) is 24.2 Å². The van der Waals surface area contributed by atoms with Crippen molar-refractivity contribution in [3.8, 4) is 0 Å². The van der Waals surface area contributed by atoms with Crippen molar-refractivity contribution in [3.05, 3.63) is 164 Å². The first-order valence-corrected chi connectivity index (χ1v) is 21.9. The topological polar surface area (TPSA) is 324 Å². The highest BCUT2D eigenvalue weighted by molar-refractivity contribution is 7.91. The zero-order valence-corrected chi connectivity index (χ0v) is 35.2. The fourth-order valence-electron chi connectivity index (χ4n) is 6.60. The van der Waals surface area contributed by atoms with Crippen LogP contribution in [-0.2, 0) is 42.7 Å². The molecule has 0 unspecified atom stereocenters. The lowest BCUT2D eigenvalue weighted by atomic mass is 9.94. The third-order valence-electron chi connectivity index (χ3n) is 9.76. The highest BCUT2D eigenvalue weighted by atomic mass is 32.2. The number of amides is 2. The normalized spacial score (nSPS) is 14.6. The second-order valence-electron chi connectivity index (χ2n) is 14.4. The van der Waals surface area contributed by atoms with Crippen molar-refractivity contribution < 1.29 is 64.9 Å². The first-order chi connectivity index (χ1) is 31.2. The highest BCUT2D eigenvalue weighted by Gasteiger charge is 2.34. The van der Waals surface area contributed by atoms with Gasteiger partial charge in [-0.2, -0.15) is 27.0 Å². The van der Waals surface area contributed by atoms with Crippen molar-refractivity contribution in [2.24, 2.45) is 10.2 Å². The first kappa shape index (κ1) is 45.6. The van der Waals surface area contributed by atoms with E-state index in [2.05, 4.69) is 31.7 Å². The molecule has 0 aliphatic heterocycles. The van der Waals surface area contributed by atoms with E-state index in [1.165, 1.54) is 109 Å². The predicted octanol–water partition coefficient (Wildman–Crippen LogP) is 5.23. The van der Waals surface area contributed by atoms with Gasteiger partial charge < -0.3 is 20.8 Å². The van der Waals surface area contributed by atoms with Gasteiger partial charge in [0.15, 0.2) is 11.4 Å². The van der Waals surface area contributed by atoms with Crippen molar-refractivity contribution in [2.45, 2.75) is 12.8 Å². The quantitative estimate of drug-likeness (QED) is 0.0522. The van der Waals surface area contributed by atoms with Crippen LogP contribution in [0.2, 0.25) is 0 Å². The molecular weight excluding hydrogens is 901 g/mol. The lowest BCUT2D eigenvalue weighted by Crippen LogP contribution is -2.27. The average Bonchev–Trinajstić information content (AvgIpc) is 3.25. The third-order valence-corrected chi connectivity index (χ3v) is 11.5. The largest absolute Gasteiger partial charge is 0.481 e. The monoisotopic (exact) mass is 932 g/mol. The SMILES string of the molecule is O=C(O)Cc1ccc(N/N=C2\C(=O)c3ccc(NC(=O)c4ccc(C(=O)Nc5ccc6c(c5)C=C(S(=O)(=O)O)/C(=N/Nc5ccc(CC(=O)O)cc5)C6=O)cc4)cc3C=C2S(=O)(=O)O)cc1. The van der Waals surface area contributed by atoms with Gasteiger partial charge in [-0.15, -0.1) is 0 Å². The number of allylic oxidation sites excluding steroid dienone is 2. The second kappa shape index (κ2) is 18.3. The van der Waals surface area contributed by atoms with E-state index in [1.807, 2.05) is 0 Å². The summed E-state index contributed by atoms with van der Waals surface area (Å²) in [7, 11) is -9.99. The molecule has 0 radical (unpaired) electrons. The van der Waals surface area contributed by atoms with Crippen molar-refractivity contribution in [1.29, 1.82) is 0 Å². The number of fused-ring (bicyclic) bond motifs is 2. The van der Waals surface area contributed by atoms with E-state index >= 15 is 0 Å². The molecule has 7 rings (SSSR count). The fourth-order valence-corrected chi connectivity index (χ4v) is 7.92. The Hall–Kier alpha value is -8.44. The maximum absolute atomic E-state index is 13.4.